The quantitative estimate of drug-likeness (QED) is 0.630. The van der Waals surface area contributed by atoms with Crippen molar-refractivity contribution in [3.63, 3.8) is 0 Å². The Bertz CT molecular complexity index is 267. The van der Waals surface area contributed by atoms with Gasteiger partial charge in [0, 0.05) is 13.2 Å². The maximum atomic E-state index is 11.7. The fraction of sp³-hybridized carbons (Fsp3) is 1.00. The smallest absolute Gasteiger partial charge is 0.156 e. The molecule has 0 saturated carbocycles. The maximum absolute atomic E-state index is 11.7. The fourth-order valence-corrected chi connectivity index (χ4v) is 2.20. The summed E-state index contributed by atoms with van der Waals surface area (Å²) in [7, 11) is -3.00. The van der Waals surface area contributed by atoms with E-state index in [4.69, 9.17) is 5.11 Å². The van der Waals surface area contributed by atoms with Crippen molar-refractivity contribution in [2.45, 2.75) is 44.8 Å². The van der Waals surface area contributed by atoms with Gasteiger partial charge in [-0.05, 0) is 46.6 Å². The van der Waals surface area contributed by atoms with Crippen LogP contribution >= 0.6 is 0 Å². The fourth-order valence-electron chi connectivity index (χ4n) is 1.18. The summed E-state index contributed by atoms with van der Waals surface area (Å²) in [5.41, 5.74) is 0. The number of hydrogen-bond acceptors (Lipinski definition) is 4. The minimum Gasteiger partial charge on any atom is -0.396 e. The highest BCUT2D eigenvalue weighted by Crippen LogP contribution is 2.15. The van der Waals surface area contributed by atoms with Crippen molar-refractivity contribution in [2.75, 3.05) is 25.4 Å². The summed E-state index contributed by atoms with van der Waals surface area (Å²) in [5.74, 6) is 0.191. The number of aliphatic hydroxyl groups is 1. The van der Waals surface area contributed by atoms with Crippen molar-refractivity contribution in [3.8, 4) is 0 Å². The van der Waals surface area contributed by atoms with Gasteiger partial charge in [-0.25, -0.2) is 8.42 Å². The second-order valence-corrected chi connectivity index (χ2v) is 7.83. The molecule has 0 aliphatic rings. The summed E-state index contributed by atoms with van der Waals surface area (Å²) in [6, 6.07) is 0. The van der Waals surface area contributed by atoms with Crippen LogP contribution in [0.25, 0.3) is 0 Å². The molecule has 0 rings (SSSR count). The summed E-state index contributed by atoms with van der Waals surface area (Å²) in [6.07, 6.45) is 2.79. The van der Waals surface area contributed by atoms with Gasteiger partial charge in [0.2, 0.25) is 0 Å². The van der Waals surface area contributed by atoms with Crippen molar-refractivity contribution >= 4 is 9.84 Å². The van der Waals surface area contributed by atoms with Crippen molar-refractivity contribution in [1.82, 2.24) is 5.32 Å². The van der Waals surface area contributed by atoms with E-state index in [1.165, 1.54) is 0 Å². The van der Waals surface area contributed by atoms with Crippen molar-refractivity contribution in [3.05, 3.63) is 0 Å². The van der Waals surface area contributed by atoms with Crippen LogP contribution in [0.4, 0.5) is 0 Å². The number of aliphatic hydroxyl groups excluding tert-OH is 1. The van der Waals surface area contributed by atoms with Crippen LogP contribution in [0.2, 0.25) is 0 Å². The second-order valence-electron chi connectivity index (χ2n) is 4.97. The number of unbranched alkanes of at least 4 members (excludes halogenated alkanes) is 2. The Balaban J connectivity index is 3.60. The van der Waals surface area contributed by atoms with Crippen LogP contribution in [-0.2, 0) is 9.84 Å². The van der Waals surface area contributed by atoms with Crippen LogP contribution in [0.15, 0.2) is 0 Å². The minimum absolute atomic E-state index is 0.191. The number of rotatable bonds is 8. The lowest BCUT2D eigenvalue weighted by atomic mass is 10.2. The molecule has 0 atom stereocenters. The van der Waals surface area contributed by atoms with E-state index >= 15 is 0 Å². The number of hydrogen-bond donors (Lipinski definition) is 2. The van der Waals surface area contributed by atoms with Gasteiger partial charge in [0.05, 0.1) is 10.5 Å². The van der Waals surface area contributed by atoms with Gasteiger partial charge < -0.3 is 10.4 Å². The molecule has 0 aliphatic carbocycles. The average Bonchev–Trinajstić information content (AvgIpc) is 2.14. The highest BCUT2D eigenvalue weighted by Gasteiger charge is 2.27. The third kappa shape index (κ3) is 6.45. The largest absolute Gasteiger partial charge is 0.396 e. The standard InChI is InChI=1S/C11H25NO3S/c1-11(2,3)16(14,15)10-8-12-7-5-4-6-9-13/h12-13H,4-10H2,1-3H3. The SMILES string of the molecule is CC(C)(C)S(=O)(=O)CCNCCCCCO. The number of nitrogens with one attached hydrogen (secondary N) is 1. The van der Waals surface area contributed by atoms with Crippen LogP contribution in [-0.4, -0.2) is 43.7 Å². The van der Waals surface area contributed by atoms with Crippen LogP contribution in [0, 0.1) is 0 Å². The molecule has 0 unspecified atom stereocenters. The molecule has 0 aromatic heterocycles. The predicted molar refractivity (Wildman–Crippen MR) is 67.3 cm³/mol. The van der Waals surface area contributed by atoms with E-state index in [9.17, 15) is 8.42 Å². The third-order valence-electron chi connectivity index (χ3n) is 2.49. The molecule has 0 saturated heterocycles. The lowest BCUT2D eigenvalue weighted by molar-refractivity contribution is 0.283. The minimum atomic E-state index is -3.00. The first-order valence-electron chi connectivity index (χ1n) is 5.85. The summed E-state index contributed by atoms with van der Waals surface area (Å²) in [6.45, 7) is 6.74. The maximum Gasteiger partial charge on any atom is 0.156 e. The molecular formula is C11H25NO3S. The Morgan fingerprint density at radius 1 is 1.06 bits per heavy atom. The van der Waals surface area contributed by atoms with Crippen LogP contribution < -0.4 is 5.32 Å². The molecule has 0 spiro atoms. The second kappa shape index (κ2) is 7.25. The summed E-state index contributed by atoms with van der Waals surface area (Å²) < 4.78 is 22.8. The highest BCUT2D eigenvalue weighted by molar-refractivity contribution is 7.92. The molecule has 0 aliphatic heterocycles. The van der Waals surface area contributed by atoms with E-state index in [0.717, 1.165) is 25.8 Å². The van der Waals surface area contributed by atoms with Gasteiger partial charge in [0.15, 0.2) is 9.84 Å². The molecule has 0 aromatic rings. The monoisotopic (exact) mass is 251 g/mol. The molecule has 0 aromatic carbocycles. The van der Waals surface area contributed by atoms with Gasteiger partial charge in [0.25, 0.3) is 0 Å². The highest BCUT2D eigenvalue weighted by atomic mass is 32.2. The average molecular weight is 251 g/mol. The first kappa shape index (κ1) is 15.9. The molecule has 5 heteroatoms. The normalized spacial score (nSPS) is 13.0. The molecule has 0 bridgehead atoms. The van der Waals surface area contributed by atoms with Gasteiger partial charge in [-0.15, -0.1) is 0 Å². The summed E-state index contributed by atoms with van der Waals surface area (Å²) >= 11 is 0. The molecule has 0 fully saturated rings. The van der Waals surface area contributed by atoms with Gasteiger partial charge in [-0.1, -0.05) is 0 Å². The Kier molecular flexibility index (Phi) is 7.19. The Morgan fingerprint density at radius 3 is 2.19 bits per heavy atom. The van der Waals surface area contributed by atoms with Crippen molar-refractivity contribution < 1.29 is 13.5 Å². The molecule has 0 radical (unpaired) electrons. The Labute approximate surface area is 99.4 Å². The van der Waals surface area contributed by atoms with Crippen LogP contribution in [0.1, 0.15) is 40.0 Å². The van der Waals surface area contributed by atoms with Gasteiger partial charge in [-0.2, -0.15) is 0 Å². The Hall–Kier alpha value is -0.130. The zero-order chi connectivity index (χ0) is 12.7. The van der Waals surface area contributed by atoms with E-state index in [2.05, 4.69) is 5.32 Å². The molecule has 4 nitrogen and oxygen atoms in total. The first-order chi connectivity index (χ1) is 7.31. The topological polar surface area (TPSA) is 66.4 Å². The molecule has 16 heavy (non-hydrogen) atoms. The van der Waals surface area contributed by atoms with E-state index < -0.39 is 14.6 Å². The summed E-state index contributed by atoms with van der Waals surface area (Å²) in [5, 5.41) is 11.7. The van der Waals surface area contributed by atoms with Gasteiger partial charge in [0.1, 0.15) is 0 Å². The molecule has 0 heterocycles. The van der Waals surface area contributed by atoms with Crippen LogP contribution in [0.3, 0.4) is 0 Å². The zero-order valence-corrected chi connectivity index (χ0v) is 11.4. The first-order valence-corrected chi connectivity index (χ1v) is 7.50. The molecule has 0 amide bonds. The summed E-state index contributed by atoms with van der Waals surface area (Å²) in [4.78, 5) is 0. The van der Waals surface area contributed by atoms with Gasteiger partial charge in [-0.3, -0.25) is 0 Å². The van der Waals surface area contributed by atoms with E-state index in [1.54, 1.807) is 20.8 Å². The Morgan fingerprint density at radius 2 is 1.69 bits per heavy atom. The third-order valence-corrected chi connectivity index (χ3v) is 5.10. The van der Waals surface area contributed by atoms with Crippen LogP contribution in [0.5, 0.6) is 0 Å². The van der Waals surface area contributed by atoms with E-state index in [1.807, 2.05) is 0 Å². The van der Waals surface area contributed by atoms with Crippen molar-refractivity contribution in [1.29, 1.82) is 0 Å². The molecular weight excluding hydrogens is 226 g/mol. The lowest BCUT2D eigenvalue weighted by Crippen LogP contribution is -2.34. The van der Waals surface area contributed by atoms with Crippen molar-refractivity contribution in [2.24, 2.45) is 0 Å². The predicted octanol–water partition coefficient (Wildman–Crippen LogP) is 0.952. The molecule has 2 N–H and O–H groups in total. The van der Waals surface area contributed by atoms with Gasteiger partial charge >= 0.3 is 0 Å². The molecule has 98 valence electrons. The lowest BCUT2D eigenvalue weighted by Gasteiger charge is -2.19. The number of sulfone groups is 1. The van der Waals surface area contributed by atoms with E-state index in [-0.39, 0.29) is 12.4 Å². The van der Waals surface area contributed by atoms with E-state index in [0.29, 0.717) is 6.54 Å². The zero-order valence-electron chi connectivity index (χ0n) is 10.6.